The van der Waals surface area contributed by atoms with Gasteiger partial charge in [0.25, 0.3) is 0 Å². The fraction of sp³-hybridized carbons (Fsp3) is 0.381. The average Bonchev–Trinajstić information content (AvgIpc) is 3.08. The van der Waals surface area contributed by atoms with Gasteiger partial charge in [0.1, 0.15) is 0 Å². The van der Waals surface area contributed by atoms with E-state index in [0.717, 1.165) is 19.5 Å². The van der Waals surface area contributed by atoms with Crippen molar-refractivity contribution in [2.45, 2.75) is 38.4 Å². The molecular weight excluding hydrogens is 296 g/mol. The molecule has 1 saturated carbocycles. The maximum Gasteiger partial charge on any atom is 0.320 e. The first-order valence-electron chi connectivity index (χ1n) is 8.94. The minimum atomic E-state index is 0.200. The van der Waals surface area contributed by atoms with Gasteiger partial charge in [0.2, 0.25) is 0 Å². The highest BCUT2D eigenvalue weighted by Gasteiger charge is 2.42. The summed E-state index contributed by atoms with van der Waals surface area (Å²) in [7, 11) is 0. The number of carbonyl (C=O) groups excluding carboxylic acids is 1. The zero-order valence-corrected chi connectivity index (χ0v) is 14.0. The number of carbonyl (C=O) groups is 1. The Kier molecular flexibility index (Phi) is 4.24. The molecule has 124 valence electrons. The summed E-state index contributed by atoms with van der Waals surface area (Å²) in [4.78, 5) is 17.3. The predicted octanol–water partition coefficient (Wildman–Crippen LogP) is 4.29. The van der Waals surface area contributed by atoms with Crippen LogP contribution in [0, 0.1) is 5.92 Å². The van der Waals surface area contributed by atoms with Crippen molar-refractivity contribution in [1.82, 2.24) is 9.80 Å². The van der Waals surface area contributed by atoms with Gasteiger partial charge in [0.15, 0.2) is 0 Å². The lowest BCUT2D eigenvalue weighted by atomic mass is 9.97. The van der Waals surface area contributed by atoms with Crippen LogP contribution >= 0.6 is 0 Å². The van der Waals surface area contributed by atoms with Crippen LogP contribution in [-0.2, 0) is 13.1 Å². The molecular formula is C21H24N2O. The number of benzene rings is 2. The van der Waals surface area contributed by atoms with Crippen molar-refractivity contribution in [3.8, 4) is 0 Å². The monoisotopic (exact) mass is 320 g/mol. The first-order valence-corrected chi connectivity index (χ1v) is 8.94. The molecule has 2 fully saturated rings. The Morgan fingerprint density at radius 2 is 1.46 bits per heavy atom. The lowest BCUT2D eigenvalue weighted by molar-refractivity contribution is 0.0675. The summed E-state index contributed by atoms with van der Waals surface area (Å²) in [5.41, 5.74) is 2.43. The Labute approximate surface area is 143 Å². The number of nitrogens with zero attached hydrogens (tertiary/aromatic N) is 2. The predicted molar refractivity (Wildman–Crippen MR) is 95.4 cm³/mol. The Morgan fingerprint density at radius 3 is 2.12 bits per heavy atom. The maximum atomic E-state index is 13.1. The zero-order valence-electron chi connectivity index (χ0n) is 14.0. The Hall–Kier alpha value is -2.29. The molecule has 0 radical (unpaired) electrons. The number of urea groups is 1. The molecule has 1 aliphatic heterocycles. The lowest BCUT2D eigenvalue weighted by Gasteiger charge is -2.44. The van der Waals surface area contributed by atoms with E-state index in [1.54, 1.807) is 0 Å². The average molecular weight is 320 g/mol. The van der Waals surface area contributed by atoms with Crippen molar-refractivity contribution >= 4 is 6.03 Å². The summed E-state index contributed by atoms with van der Waals surface area (Å²) in [6.07, 6.45) is 3.64. The highest BCUT2D eigenvalue weighted by atomic mass is 16.2. The third kappa shape index (κ3) is 3.03. The summed E-state index contributed by atoms with van der Waals surface area (Å²) >= 11 is 0. The van der Waals surface area contributed by atoms with Crippen LogP contribution in [0.1, 0.15) is 30.4 Å². The van der Waals surface area contributed by atoms with Gasteiger partial charge >= 0.3 is 6.03 Å². The molecule has 0 aromatic heterocycles. The molecule has 0 N–H and O–H groups in total. The van der Waals surface area contributed by atoms with E-state index < -0.39 is 0 Å². The van der Waals surface area contributed by atoms with Crippen LogP contribution in [0.15, 0.2) is 60.7 Å². The summed E-state index contributed by atoms with van der Waals surface area (Å²) in [6.45, 7) is 2.35. The highest BCUT2D eigenvalue weighted by Crippen LogP contribution is 2.36. The topological polar surface area (TPSA) is 23.6 Å². The molecule has 2 amide bonds. The number of fused-ring (bicyclic) bond motifs is 1. The quantitative estimate of drug-likeness (QED) is 0.824. The van der Waals surface area contributed by atoms with Gasteiger partial charge in [0.05, 0.1) is 0 Å². The Bertz CT molecular complexity index is 685. The van der Waals surface area contributed by atoms with Gasteiger partial charge in [-0.05, 0) is 29.9 Å². The lowest BCUT2D eigenvalue weighted by Crippen LogP contribution is -2.56. The summed E-state index contributed by atoms with van der Waals surface area (Å²) in [5, 5.41) is 0. The van der Waals surface area contributed by atoms with Crippen LogP contribution < -0.4 is 0 Å². The third-order valence-corrected chi connectivity index (χ3v) is 5.40. The van der Waals surface area contributed by atoms with Gasteiger partial charge in [-0.1, -0.05) is 67.1 Å². The van der Waals surface area contributed by atoms with Gasteiger partial charge in [-0.3, -0.25) is 0 Å². The molecule has 0 spiro atoms. The fourth-order valence-electron chi connectivity index (χ4n) is 4.23. The molecule has 1 aliphatic carbocycles. The Morgan fingerprint density at radius 1 is 0.833 bits per heavy atom. The van der Waals surface area contributed by atoms with Gasteiger partial charge in [-0.25, -0.2) is 4.79 Å². The normalized spacial score (nSPS) is 23.4. The van der Waals surface area contributed by atoms with E-state index in [4.69, 9.17) is 0 Å². The Balaban J connectivity index is 1.55. The van der Waals surface area contributed by atoms with Gasteiger partial charge < -0.3 is 9.80 Å². The summed E-state index contributed by atoms with van der Waals surface area (Å²) < 4.78 is 0. The minimum absolute atomic E-state index is 0.200. The van der Waals surface area contributed by atoms with E-state index in [2.05, 4.69) is 41.3 Å². The third-order valence-electron chi connectivity index (χ3n) is 5.40. The largest absolute Gasteiger partial charge is 0.320 e. The first kappa shape index (κ1) is 15.3. The minimum Gasteiger partial charge on any atom is -0.320 e. The summed E-state index contributed by atoms with van der Waals surface area (Å²) in [6, 6.07) is 21.3. The molecule has 1 heterocycles. The van der Waals surface area contributed by atoms with Crippen molar-refractivity contribution in [2.75, 3.05) is 6.54 Å². The van der Waals surface area contributed by atoms with E-state index in [-0.39, 0.29) is 6.03 Å². The van der Waals surface area contributed by atoms with Crippen molar-refractivity contribution < 1.29 is 4.79 Å². The highest BCUT2D eigenvalue weighted by molar-refractivity contribution is 5.76. The van der Waals surface area contributed by atoms with Crippen LogP contribution in [0.3, 0.4) is 0 Å². The molecule has 0 unspecified atom stereocenters. The van der Waals surface area contributed by atoms with Crippen molar-refractivity contribution in [3.63, 3.8) is 0 Å². The second-order valence-electron chi connectivity index (χ2n) is 7.02. The van der Waals surface area contributed by atoms with Crippen LogP contribution in [0.4, 0.5) is 4.79 Å². The van der Waals surface area contributed by atoms with E-state index in [9.17, 15) is 4.79 Å². The van der Waals surface area contributed by atoms with Crippen molar-refractivity contribution in [3.05, 3.63) is 71.8 Å². The smallest absolute Gasteiger partial charge is 0.320 e. The van der Waals surface area contributed by atoms with Gasteiger partial charge in [0, 0.05) is 25.7 Å². The molecule has 24 heavy (non-hydrogen) atoms. The first-order chi connectivity index (χ1) is 11.8. The molecule has 2 atom stereocenters. The standard InChI is InChI=1S/C21H24N2O/c24-21-22(14-17-8-3-1-4-9-17)16-19-12-7-13-20(19)23(21)15-18-10-5-2-6-11-18/h1-6,8-11,19-20H,7,12-16H2/t19-,20-/m0/s1. The second kappa shape index (κ2) is 6.68. The van der Waals surface area contributed by atoms with E-state index >= 15 is 0 Å². The van der Waals surface area contributed by atoms with Crippen LogP contribution in [0.25, 0.3) is 0 Å². The van der Waals surface area contributed by atoms with Crippen molar-refractivity contribution in [2.24, 2.45) is 5.92 Å². The number of hydrogen-bond donors (Lipinski definition) is 0. The van der Waals surface area contributed by atoms with E-state index in [1.165, 1.54) is 24.0 Å². The molecule has 2 aliphatic rings. The second-order valence-corrected chi connectivity index (χ2v) is 7.02. The molecule has 2 aromatic rings. The van der Waals surface area contributed by atoms with E-state index in [1.807, 2.05) is 29.2 Å². The number of amides is 2. The molecule has 2 aromatic carbocycles. The van der Waals surface area contributed by atoms with Gasteiger partial charge in [-0.15, -0.1) is 0 Å². The fourth-order valence-corrected chi connectivity index (χ4v) is 4.23. The van der Waals surface area contributed by atoms with Crippen LogP contribution in [0.2, 0.25) is 0 Å². The molecule has 0 bridgehead atoms. The SMILES string of the molecule is O=C1N(Cc2ccccc2)C[C@@H]2CCC[C@@H]2N1Cc1ccccc1. The molecule has 3 heteroatoms. The maximum absolute atomic E-state index is 13.1. The van der Waals surface area contributed by atoms with Crippen LogP contribution in [0.5, 0.6) is 0 Å². The summed E-state index contributed by atoms with van der Waals surface area (Å²) in [5.74, 6) is 0.620. The molecule has 4 rings (SSSR count). The number of rotatable bonds is 4. The van der Waals surface area contributed by atoms with E-state index in [0.29, 0.717) is 18.5 Å². The molecule has 3 nitrogen and oxygen atoms in total. The zero-order chi connectivity index (χ0) is 16.4. The number of hydrogen-bond acceptors (Lipinski definition) is 1. The molecule has 1 saturated heterocycles. The van der Waals surface area contributed by atoms with Gasteiger partial charge in [-0.2, -0.15) is 0 Å². The van der Waals surface area contributed by atoms with Crippen LogP contribution in [-0.4, -0.2) is 28.4 Å². The van der Waals surface area contributed by atoms with Crippen molar-refractivity contribution in [1.29, 1.82) is 0 Å².